The average molecular weight is 327 g/mol. The molecule has 0 N–H and O–H groups in total. The summed E-state index contributed by atoms with van der Waals surface area (Å²) >= 11 is 5.84. The van der Waals surface area contributed by atoms with E-state index in [1.807, 2.05) is 36.4 Å². The molecular weight excluding hydrogens is 312 g/mol. The molecule has 0 saturated heterocycles. The van der Waals surface area contributed by atoms with Crippen LogP contribution in [0.3, 0.4) is 0 Å². The van der Waals surface area contributed by atoms with E-state index in [1.54, 1.807) is 31.4 Å². The maximum Gasteiger partial charge on any atom is 0.185 e. The number of fused-ring (bicyclic) bond motifs is 1. The third kappa shape index (κ3) is 3.63. The molecular formula is C19H15ClO3. The van der Waals surface area contributed by atoms with Crippen molar-refractivity contribution >= 4 is 29.5 Å². The summed E-state index contributed by atoms with van der Waals surface area (Å²) in [5.41, 5.74) is 2.37. The van der Waals surface area contributed by atoms with E-state index in [2.05, 4.69) is 0 Å². The van der Waals surface area contributed by atoms with Crippen LogP contribution >= 0.6 is 11.6 Å². The minimum Gasteiger partial charge on any atom is -0.497 e. The lowest BCUT2D eigenvalue weighted by Gasteiger charge is -2.17. The second-order valence-electron chi connectivity index (χ2n) is 5.11. The summed E-state index contributed by atoms with van der Waals surface area (Å²) in [6.45, 7) is 0.267. The normalized spacial score (nSPS) is 13.2. The summed E-state index contributed by atoms with van der Waals surface area (Å²) in [5.74, 6) is 1.41. The Morgan fingerprint density at radius 2 is 2.00 bits per heavy atom. The van der Waals surface area contributed by atoms with Gasteiger partial charge in [0.2, 0.25) is 0 Å². The van der Waals surface area contributed by atoms with Gasteiger partial charge in [0.1, 0.15) is 18.1 Å². The maximum absolute atomic E-state index is 12.3. The third-order valence-electron chi connectivity index (χ3n) is 3.54. The summed E-state index contributed by atoms with van der Waals surface area (Å²) in [7, 11) is 1.61. The molecule has 116 valence electrons. The first-order valence-electron chi connectivity index (χ1n) is 7.15. The van der Waals surface area contributed by atoms with E-state index in [-0.39, 0.29) is 12.4 Å². The Balaban J connectivity index is 1.79. The number of allylic oxidation sites excluding steroid dienone is 1. The first-order valence-corrected chi connectivity index (χ1v) is 7.53. The molecule has 0 saturated carbocycles. The molecule has 0 amide bonds. The third-order valence-corrected chi connectivity index (χ3v) is 3.80. The standard InChI is InChI=1S/C19H15ClO3/c1-22-17-7-9-19-14(11-17)10-15(12-23-19)18(21)8-4-13-2-5-16(20)6-3-13/h2-11H,12H2,1H3/b8-4+. The van der Waals surface area contributed by atoms with Crippen molar-refractivity contribution in [1.82, 2.24) is 0 Å². The van der Waals surface area contributed by atoms with Crippen LogP contribution in [0.1, 0.15) is 11.1 Å². The zero-order valence-corrected chi connectivity index (χ0v) is 13.3. The summed E-state index contributed by atoms with van der Waals surface area (Å²) < 4.78 is 10.8. The molecule has 0 aromatic heterocycles. The van der Waals surface area contributed by atoms with Crippen LogP contribution in [0.15, 0.2) is 54.1 Å². The highest BCUT2D eigenvalue weighted by molar-refractivity contribution is 6.30. The van der Waals surface area contributed by atoms with Crippen LogP contribution in [0, 0.1) is 0 Å². The van der Waals surface area contributed by atoms with Gasteiger partial charge in [-0.2, -0.15) is 0 Å². The number of benzene rings is 2. The topological polar surface area (TPSA) is 35.5 Å². The Morgan fingerprint density at radius 1 is 1.22 bits per heavy atom. The first kappa shape index (κ1) is 15.4. The number of ketones is 1. The highest BCUT2D eigenvalue weighted by Crippen LogP contribution is 2.30. The number of hydrogen-bond acceptors (Lipinski definition) is 3. The number of carbonyl (C=O) groups is 1. The van der Waals surface area contributed by atoms with Crippen LogP contribution in [-0.4, -0.2) is 19.5 Å². The molecule has 0 atom stereocenters. The van der Waals surface area contributed by atoms with Crippen molar-refractivity contribution in [3.63, 3.8) is 0 Å². The molecule has 0 fully saturated rings. The number of methoxy groups -OCH3 is 1. The van der Waals surface area contributed by atoms with Gasteiger partial charge in [-0.1, -0.05) is 29.8 Å². The number of ether oxygens (including phenoxy) is 2. The number of rotatable bonds is 4. The van der Waals surface area contributed by atoms with Crippen LogP contribution in [0.2, 0.25) is 5.02 Å². The highest BCUT2D eigenvalue weighted by atomic mass is 35.5. The number of hydrogen-bond donors (Lipinski definition) is 0. The van der Waals surface area contributed by atoms with Gasteiger partial charge in [-0.25, -0.2) is 0 Å². The molecule has 3 nitrogen and oxygen atoms in total. The fourth-order valence-corrected chi connectivity index (χ4v) is 2.40. The Bertz CT molecular complexity index is 789. The van der Waals surface area contributed by atoms with E-state index in [4.69, 9.17) is 21.1 Å². The van der Waals surface area contributed by atoms with E-state index in [9.17, 15) is 4.79 Å². The molecule has 0 unspecified atom stereocenters. The van der Waals surface area contributed by atoms with Crippen molar-refractivity contribution in [2.75, 3.05) is 13.7 Å². The lowest BCUT2D eigenvalue weighted by atomic mass is 10.0. The lowest BCUT2D eigenvalue weighted by molar-refractivity contribution is -0.111. The Kier molecular flexibility index (Phi) is 4.49. The molecule has 0 aliphatic carbocycles. The van der Waals surface area contributed by atoms with E-state index < -0.39 is 0 Å². The van der Waals surface area contributed by atoms with Gasteiger partial charge in [0.05, 0.1) is 7.11 Å². The van der Waals surface area contributed by atoms with E-state index in [0.29, 0.717) is 10.6 Å². The van der Waals surface area contributed by atoms with Crippen LogP contribution in [0.4, 0.5) is 0 Å². The van der Waals surface area contributed by atoms with Crippen molar-refractivity contribution in [2.24, 2.45) is 0 Å². The van der Waals surface area contributed by atoms with Crippen molar-refractivity contribution in [3.05, 3.63) is 70.3 Å². The minimum atomic E-state index is -0.0755. The van der Waals surface area contributed by atoms with Crippen LogP contribution < -0.4 is 9.47 Å². The van der Waals surface area contributed by atoms with Gasteiger partial charge in [0.25, 0.3) is 0 Å². The Hall–Kier alpha value is -2.52. The Morgan fingerprint density at radius 3 is 2.74 bits per heavy atom. The summed E-state index contributed by atoms with van der Waals surface area (Å²) in [6.07, 6.45) is 5.15. The first-order chi connectivity index (χ1) is 11.2. The van der Waals surface area contributed by atoms with Gasteiger partial charge < -0.3 is 9.47 Å². The number of halogens is 1. The Labute approximate surface area is 139 Å². The predicted octanol–water partition coefficient (Wildman–Crippen LogP) is 4.41. The fourth-order valence-electron chi connectivity index (χ4n) is 2.28. The van der Waals surface area contributed by atoms with Crippen LogP contribution in [-0.2, 0) is 4.79 Å². The molecule has 3 rings (SSSR count). The average Bonchev–Trinajstić information content (AvgIpc) is 2.60. The summed E-state index contributed by atoms with van der Waals surface area (Å²) in [5, 5.41) is 0.669. The zero-order chi connectivity index (χ0) is 16.2. The van der Waals surface area contributed by atoms with Gasteiger partial charge >= 0.3 is 0 Å². The van der Waals surface area contributed by atoms with E-state index >= 15 is 0 Å². The molecule has 1 aliphatic rings. The van der Waals surface area contributed by atoms with Gasteiger partial charge in [-0.05, 0) is 48.0 Å². The second kappa shape index (κ2) is 6.71. The molecule has 2 aromatic carbocycles. The van der Waals surface area contributed by atoms with E-state index in [1.165, 1.54) is 0 Å². The molecule has 23 heavy (non-hydrogen) atoms. The highest BCUT2D eigenvalue weighted by Gasteiger charge is 2.16. The maximum atomic E-state index is 12.3. The monoisotopic (exact) mass is 326 g/mol. The van der Waals surface area contributed by atoms with Crippen molar-refractivity contribution in [1.29, 1.82) is 0 Å². The molecule has 0 bridgehead atoms. The largest absolute Gasteiger partial charge is 0.497 e. The molecule has 0 spiro atoms. The molecule has 0 radical (unpaired) electrons. The minimum absolute atomic E-state index is 0.0755. The summed E-state index contributed by atoms with van der Waals surface area (Å²) in [4.78, 5) is 12.3. The second-order valence-corrected chi connectivity index (χ2v) is 5.55. The van der Waals surface area contributed by atoms with Gasteiger partial charge in [0.15, 0.2) is 5.78 Å². The van der Waals surface area contributed by atoms with Crippen molar-refractivity contribution < 1.29 is 14.3 Å². The fraction of sp³-hybridized carbons (Fsp3) is 0.105. The van der Waals surface area contributed by atoms with E-state index in [0.717, 1.165) is 22.6 Å². The van der Waals surface area contributed by atoms with Crippen molar-refractivity contribution in [2.45, 2.75) is 0 Å². The van der Waals surface area contributed by atoms with Gasteiger partial charge in [-0.15, -0.1) is 0 Å². The van der Waals surface area contributed by atoms with Gasteiger partial charge in [-0.3, -0.25) is 4.79 Å². The molecule has 1 aliphatic heterocycles. The lowest BCUT2D eigenvalue weighted by Crippen LogP contribution is -2.13. The quantitative estimate of drug-likeness (QED) is 0.781. The zero-order valence-electron chi connectivity index (χ0n) is 12.6. The van der Waals surface area contributed by atoms with Crippen LogP contribution in [0.5, 0.6) is 11.5 Å². The van der Waals surface area contributed by atoms with Crippen LogP contribution in [0.25, 0.3) is 12.2 Å². The summed E-state index contributed by atoms with van der Waals surface area (Å²) in [6, 6.07) is 12.8. The molecule has 4 heteroatoms. The van der Waals surface area contributed by atoms with Crippen molar-refractivity contribution in [3.8, 4) is 11.5 Å². The number of carbonyl (C=O) groups excluding carboxylic acids is 1. The van der Waals surface area contributed by atoms with Gasteiger partial charge in [0, 0.05) is 16.2 Å². The molecule has 1 heterocycles. The molecule has 2 aromatic rings. The smallest absolute Gasteiger partial charge is 0.185 e. The SMILES string of the molecule is COc1ccc2c(c1)C=C(C(=O)/C=C/c1ccc(Cl)cc1)CO2. The predicted molar refractivity (Wildman–Crippen MR) is 92.0 cm³/mol.